The Hall–Kier alpha value is -3.77. The molecule has 5 heterocycles. The van der Waals surface area contributed by atoms with E-state index in [0.29, 0.717) is 44.3 Å². The van der Waals surface area contributed by atoms with Gasteiger partial charge in [-0.15, -0.1) is 0 Å². The van der Waals surface area contributed by atoms with Crippen LogP contribution in [-0.2, 0) is 9.59 Å². The zero-order valence-corrected chi connectivity index (χ0v) is 25.1. The van der Waals surface area contributed by atoms with Crippen molar-refractivity contribution in [2.75, 3.05) is 26.2 Å². The number of likely N-dealkylation sites (tertiary alicyclic amines) is 2. The number of allylic oxidation sites excluding steroid dienone is 6. The SMILES string of the molecule is CC1=CC2C(=C(C[C@@H]3CCCN3C(=O)C(F)(F)F)C3=C4C(C[C@@H]5CCCN5C(=O)C(F)(F)F)=C5C=CC(F)=CC5N4CCN32)C=C1. The summed E-state index contributed by atoms with van der Waals surface area (Å²) in [6.45, 7) is 2.96. The number of amides is 2. The Kier molecular flexibility index (Phi) is 7.32. The van der Waals surface area contributed by atoms with Crippen molar-refractivity contribution in [1.29, 1.82) is 0 Å². The Morgan fingerprint density at radius 2 is 1.15 bits per heavy atom. The van der Waals surface area contributed by atoms with Gasteiger partial charge in [-0.25, -0.2) is 4.39 Å². The average Bonchev–Trinajstić information content (AvgIpc) is 3.77. The van der Waals surface area contributed by atoms with Gasteiger partial charge in [-0.05, 0) is 79.9 Å². The smallest absolute Gasteiger partial charge is 0.357 e. The molecule has 5 aliphatic heterocycles. The largest absolute Gasteiger partial charge is 0.471 e. The van der Waals surface area contributed by atoms with Crippen LogP contribution in [0, 0.1) is 0 Å². The highest BCUT2D eigenvalue weighted by atomic mass is 19.4. The van der Waals surface area contributed by atoms with E-state index in [-0.39, 0.29) is 32.0 Å². The van der Waals surface area contributed by atoms with Crippen LogP contribution in [0.5, 0.6) is 0 Å². The normalized spacial score (nSPS) is 29.0. The van der Waals surface area contributed by atoms with Crippen LogP contribution < -0.4 is 0 Å². The van der Waals surface area contributed by atoms with E-state index in [1.807, 2.05) is 24.0 Å². The highest BCUT2D eigenvalue weighted by Gasteiger charge is 2.51. The molecule has 46 heavy (non-hydrogen) atoms. The molecule has 2 aliphatic carbocycles. The summed E-state index contributed by atoms with van der Waals surface area (Å²) in [6, 6.07) is -2.12. The third-order valence-electron chi connectivity index (χ3n) is 10.3. The van der Waals surface area contributed by atoms with Gasteiger partial charge in [0, 0.05) is 38.3 Å². The molecule has 0 spiro atoms. The standard InChI is InChI=1S/C33H33F7N4O2/c1-18-6-8-22-24(16-20-4-2-10-41(20)30(45)32(35,36)37)28-29-25(17-21-5-3-11-42(21)31(46)33(38,39)40)23-9-7-19(34)15-27(23)44(29)13-12-43(28)26(22)14-18/h6-9,14-15,20-21,26-27H,2-5,10-13,16-17H2,1H3/t20-,21-,26?,27?/m0/s1. The maximum absolute atomic E-state index is 14.7. The summed E-state index contributed by atoms with van der Waals surface area (Å²) < 4.78 is 96.0. The van der Waals surface area contributed by atoms with Gasteiger partial charge in [0.2, 0.25) is 0 Å². The molecule has 246 valence electrons. The van der Waals surface area contributed by atoms with Crippen molar-refractivity contribution in [1.82, 2.24) is 19.6 Å². The molecular weight excluding hydrogens is 617 g/mol. The van der Waals surface area contributed by atoms with E-state index in [1.165, 1.54) is 12.2 Å². The maximum Gasteiger partial charge on any atom is 0.471 e. The van der Waals surface area contributed by atoms with Gasteiger partial charge in [0.25, 0.3) is 0 Å². The van der Waals surface area contributed by atoms with Crippen LogP contribution in [0.15, 0.2) is 81.5 Å². The summed E-state index contributed by atoms with van der Waals surface area (Å²) in [5, 5.41) is 0. The first-order valence-electron chi connectivity index (χ1n) is 15.7. The summed E-state index contributed by atoms with van der Waals surface area (Å²) >= 11 is 0. The number of carbonyl (C=O) groups excluding carboxylic acids is 2. The van der Waals surface area contributed by atoms with Crippen LogP contribution in [0.2, 0.25) is 0 Å². The van der Waals surface area contributed by atoms with Crippen LogP contribution in [0.3, 0.4) is 0 Å². The van der Waals surface area contributed by atoms with E-state index in [0.717, 1.165) is 43.5 Å². The van der Waals surface area contributed by atoms with Crippen LogP contribution in [0.25, 0.3) is 0 Å². The first-order valence-corrected chi connectivity index (χ1v) is 15.7. The Balaban J connectivity index is 1.35. The topological polar surface area (TPSA) is 47.1 Å². The third-order valence-corrected chi connectivity index (χ3v) is 10.3. The number of hydrogen-bond donors (Lipinski definition) is 0. The van der Waals surface area contributed by atoms with Crippen molar-refractivity contribution in [3.8, 4) is 0 Å². The van der Waals surface area contributed by atoms with Gasteiger partial charge in [-0.1, -0.05) is 29.9 Å². The van der Waals surface area contributed by atoms with Gasteiger partial charge < -0.3 is 19.6 Å². The third kappa shape index (κ3) is 5.00. The Labute approximate surface area is 261 Å². The van der Waals surface area contributed by atoms with Gasteiger partial charge in [0.1, 0.15) is 5.83 Å². The van der Waals surface area contributed by atoms with Crippen molar-refractivity contribution >= 4 is 11.8 Å². The zero-order valence-electron chi connectivity index (χ0n) is 25.1. The van der Waals surface area contributed by atoms with E-state index in [9.17, 15) is 40.3 Å². The van der Waals surface area contributed by atoms with Crippen molar-refractivity contribution in [2.24, 2.45) is 0 Å². The number of alkyl halides is 6. The minimum atomic E-state index is -5.01. The van der Waals surface area contributed by atoms with E-state index >= 15 is 0 Å². The molecule has 13 heteroatoms. The van der Waals surface area contributed by atoms with Gasteiger partial charge in [-0.3, -0.25) is 9.59 Å². The summed E-state index contributed by atoms with van der Waals surface area (Å²) in [7, 11) is 0. The zero-order chi connectivity index (χ0) is 32.7. The lowest BCUT2D eigenvalue weighted by Gasteiger charge is -2.41. The van der Waals surface area contributed by atoms with E-state index in [2.05, 4.69) is 11.0 Å². The molecule has 7 rings (SSSR count). The molecule has 0 N–H and O–H groups in total. The van der Waals surface area contributed by atoms with Crippen molar-refractivity contribution in [2.45, 2.75) is 82.0 Å². The Morgan fingerprint density at radius 3 is 1.63 bits per heavy atom. The lowest BCUT2D eigenvalue weighted by Crippen LogP contribution is -2.46. The van der Waals surface area contributed by atoms with Crippen LogP contribution in [0.4, 0.5) is 30.7 Å². The molecular formula is C33H33F7N4O2. The molecule has 0 radical (unpaired) electrons. The highest BCUT2D eigenvalue weighted by molar-refractivity contribution is 5.83. The summed E-state index contributed by atoms with van der Waals surface area (Å²) in [4.78, 5) is 30.8. The number of carbonyl (C=O) groups is 2. The first-order chi connectivity index (χ1) is 21.7. The van der Waals surface area contributed by atoms with Gasteiger partial charge in [-0.2, -0.15) is 26.3 Å². The van der Waals surface area contributed by atoms with Gasteiger partial charge in [0.15, 0.2) is 0 Å². The number of fused-ring (bicyclic) bond motifs is 6. The van der Waals surface area contributed by atoms with E-state index < -0.39 is 48.1 Å². The van der Waals surface area contributed by atoms with Crippen LogP contribution in [-0.4, -0.2) is 94.1 Å². The molecule has 0 aromatic carbocycles. The Bertz CT molecular complexity index is 1480. The molecule has 0 saturated carbocycles. The second kappa shape index (κ2) is 10.9. The molecule has 0 aromatic rings. The van der Waals surface area contributed by atoms with Crippen molar-refractivity contribution < 1.29 is 40.3 Å². The minimum absolute atomic E-state index is 0.00262. The molecule has 0 bridgehead atoms. The lowest BCUT2D eigenvalue weighted by molar-refractivity contribution is -0.186. The monoisotopic (exact) mass is 650 g/mol. The summed E-state index contributed by atoms with van der Waals surface area (Å²) in [6.07, 6.45) is 2.35. The summed E-state index contributed by atoms with van der Waals surface area (Å²) in [5.74, 6) is -4.18. The molecule has 2 amide bonds. The number of rotatable bonds is 4. The van der Waals surface area contributed by atoms with E-state index in [1.54, 1.807) is 6.08 Å². The van der Waals surface area contributed by atoms with Crippen LogP contribution in [0.1, 0.15) is 45.4 Å². The Morgan fingerprint density at radius 1 is 0.696 bits per heavy atom. The second-order valence-corrected chi connectivity index (χ2v) is 13.0. The predicted molar refractivity (Wildman–Crippen MR) is 154 cm³/mol. The molecule has 2 fully saturated rings. The van der Waals surface area contributed by atoms with Gasteiger partial charge >= 0.3 is 24.2 Å². The van der Waals surface area contributed by atoms with Crippen LogP contribution >= 0.6 is 0 Å². The molecule has 4 atom stereocenters. The average molecular weight is 651 g/mol. The molecule has 6 nitrogen and oxygen atoms in total. The molecule has 0 aromatic heterocycles. The minimum Gasteiger partial charge on any atom is -0.357 e. The molecule has 7 aliphatic rings. The molecule has 2 unspecified atom stereocenters. The first kappa shape index (κ1) is 30.9. The van der Waals surface area contributed by atoms with Crippen molar-refractivity contribution in [3.05, 3.63) is 81.5 Å². The summed E-state index contributed by atoms with van der Waals surface area (Å²) in [5.41, 5.74) is 5.65. The fourth-order valence-electron chi connectivity index (χ4n) is 8.38. The molecule has 2 saturated heterocycles. The number of nitrogens with zero attached hydrogens (tertiary/aromatic N) is 4. The van der Waals surface area contributed by atoms with Crippen molar-refractivity contribution in [3.63, 3.8) is 0 Å². The maximum atomic E-state index is 14.7. The fraction of sp³-hybridized carbons (Fsp3) is 0.515. The lowest BCUT2D eigenvalue weighted by atomic mass is 9.90. The second-order valence-electron chi connectivity index (χ2n) is 13.0. The van der Waals surface area contributed by atoms with Gasteiger partial charge in [0.05, 0.1) is 23.5 Å². The number of halogens is 7. The fourth-order valence-corrected chi connectivity index (χ4v) is 8.38. The highest BCUT2D eigenvalue weighted by Crippen LogP contribution is 2.52. The quantitative estimate of drug-likeness (QED) is 0.351. The number of hydrogen-bond acceptors (Lipinski definition) is 4. The predicted octanol–water partition coefficient (Wildman–Crippen LogP) is 6.00. The van der Waals surface area contributed by atoms with E-state index in [4.69, 9.17) is 0 Å².